The second kappa shape index (κ2) is 7.83. The topological polar surface area (TPSA) is 112 Å². The molecule has 1 fully saturated rings. The zero-order valence-corrected chi connectivity index (χ0v) is 16.8. The fourth-order valence-electron chi connectivity index (χ4n) is 3.80. The van der Waals surface area contributed by atoms with Crippen LogP contribution in [-0.4, -0.2) is 41.6 Å². The predicted octanol–water partition coefficient (Wildman–Crippen LogP) is 2.95. The van der Waals surface area contributed by atoms with E-state index in [0.29, 0.717) is 36.6 Å². The molecule has 156 valence electrons. The van der Waals surface area contributed by atoms with E-state index in [1.165, 1.54) is 24.3 Å². The van der Waals surface area contributed by atoms with Gasteiger partial charge in [0.05, 0.1) is 0 Å². The normalized spacial score (nSPS) is 18.1. The first-order chi connectivity index (χ1) is 14.4. The minimum atomic E-state index is -0.757. The molecule has 1 spiro atoms. The van der Waals surface area contributed by atoms with Gasteiger partial charge in [0, 0.05) is 42.3 Å². The summed E-state index contributed by atoms with van der Waals surface area (Å²) < 4.78 is 13.1. The minimum absolute atomic E-state index is 0.106. The summed E-state index contributed by atoms with van der Waals surface area (Å²) >= 11 is 6.17. The third-order valence-electron chi connectivity index (χ3n) is 5.21. The lowest BCUT2D eigenvalue weighted by molar-refractivity contribution is 0.173. The Labute approximate surface area is 178 Å². The average Bonchev–Trinajstić information content (AvgIpc) is 2.69. The van der Waals surface area contributed by atoms with Crippen LogP contribution in [0.15, 0.2) is 58.5 Å². The molecule has 0 bridgehead atoms. The highest BCUT2D eigenvalue weighted by Gasteiger charge is 2.45. The smallest absolute Gasteiger partial charge is 0.321 e. The third-order valence-corrected chi connectivity index (χ3v) is 5.45. The van der Waals surface area contributed by atoms with Crippen LogP contribution in [0.1, 0.15) is 12.8 Å². The van der Waals surface area contributed by atoms with Crippen molar-refractivity contribution in [2.75, 3.05) is 23.3 Å². The highest BCUT2D eigenvalue weighted by atomic mass is 35.5. The number of nitrogens with two attached hydrogens (primary N) is 2. The highest BCUT2D eigenvalue weighted by Crippen LogP contribution is 2.37. The molecule has 5 N–H and O–H groups in total. The zero-order chi connectivity index (χ0) is 21.3. The van der Waals surface area contributed by atoms with Crippen LogP contribution in [0.3, 0.4) is 0 Å². The quantitative estimate of drug-likeness (QED) is 0.681. The Bertz CT molecular complexity index is 1020. The number of amides is 2. The monoisotopic (exact) mass is 429 g/mol. The number of rotatable bonds is 2. The van der Waals surface area contributed by atoms with Gasteiger partial charge in [-0.1, -0.05) is 17.7 Å². The maximum Gasteiger partial charge on any atom is 0.321 e. The molecule has 0 aliphatic carbocycles. The van der Waals surface area contributed by atoms with Crippen LogP contribution < -0.4 is 21.7 Å². The van der Waals surface area contributed by atoms with Crippen molar-refractivity contribution in [2.24, 2.45) is 21.5 Å². The fraction of sp³-hybridized carbons (Fsp3) is 0.250. The summed E-state index contributed by atoms with van der Waals surface area (Å²) in [7, 11) is 0. The summed E-state index contributed by atoms with van der Waals surface area (Å²) in [6, 6.07) is 12.6. The summed E-state index contributed by atoms with van der Waals surface area (Å²) in [4.78, 5) is 24.9. The lowest BCUT2D eigenvalue weighted by Gasteiger charge is -2.47. The van der Waals surface area contributed by atoms with Gasteiger partial charge in [0.15, 0.2) is 0 Å². The first-order valence-corrected chi connectivity index (χ1v) is 9.81. The number of urea groups is 1. The number of nitrogens with one attached hydrogen (secondary N) is 1. The Hall–Kier alpha value is -3.33. The van der Waals surface area contributed by atoms with Gasteiger partial charge in [0.25, 0.3) is 0 Å². The van der Waals surface area contributed by atoms with Crippen molar-refractivity contribution in [3.05, 3.63) is 59.4 Å². The van der Waals surface area contributed by atoms with Gasteiger partial charge < -0.3 is 21.7 Å². The van der Waals surface area contributed by atoms with Crippen molar-refractivity contribution in [2.45, 2.75) is 18.5 Å². The zero-order valence-electron chi connectivity index (χ0n) is 16.1. The molecule has 1 saturated heterocycles. The van der Waals surface area contributed by atoms with E-state index in [1.807, 2.05) is 17.0 Å². The van der Waals surface area contributed by atoms with E-state index >= 15 is 0 Å². The molecular weight excluding hydrogens is 409 g/mol. The number of nitrogens with zero attached hydrogens (tertiary/aromatic N) is 4. The molecular formula is C20H21ClFN7O. The fourth-order valence-corrected chi connectivity index (χ4v) is 3.98. The van der Waals surface area contributed by atoms with Crippen molar-refractivity contribution in [3.8, 4) is 0 Å². The molecule has 2 heterocycles. The molecule has 4 rings (SSSR count). The van der Waals surface area contributed by atoms with Crippen LogP contribution in [0, 0.1) is 5.82 Å². The molecule has 10 heteroatoms. The molecule has 30 heavy (non-hydrogen) atoms. The van der Waals surface area contributed by atoms with Crippen LogP contribution in [0.5, 0.6) is 0 Å². The van der Waals surface area contributed by atoms with Crippen LogP contribution in [-0.2, 0) is 0 Å². The van der Waals surface area contributed by atoms with Gasteiger partial charge in [-0.2, -0.15) is 4.99 Å². The lowest BCUT2D eigenvalue weighted by atomic mass is 9.94. The Kier molecular flexibility index (Phi) is 5.21. The van der Waals surface area contributed by atoms with Crippen molar-refractivity contribution >= 4 is 40.9 Å². The molecule has 0 aromatic heterocycles. The molecule has 2 aliphatic heterocycles. The Morgan fingerprint density at radius 3 is 2.50 bits per heavy atom. The molecule has 0 atom stereocenters. The summed E-state index contributed by atoms with van der Waals surface area (Å²) in [6.45, 7) is 0.850. The standard InChI is InChI=1S/C20H21ClFN7O/c21-13-2-1-3-16(12-13)29-18(24)26-17(23)27-20(29)8-10-28(11-9-20)19(30)25-15-6-4-14(22)5-7-15/h1-7,12H,8-11H2,(H,25,30)(H4,23,24,26,27). The number of likely N-dealkylation sites (tertiary alicyclic amines) is 1. The van der Waals surface area contributed by atoms with Gasteiger partial charge in [-0.3, -0.25) is 4.90 Å². The molecule has 8 nitrogen and oxygen atoms in total. The van der Waals surface area contributed by atoms with Crippen molar-refractivity contribution < 1.29 is 9.18 Å². The number of carbonyl (C=O) groups excluding carboxylic acids is 1. The van der Waals surface area contributed by atoms with Crippen LogP contribution in [0.4, 0.5) is 20.6 Å². The van der Waals surface area contributed by atoms with Gasteiger partial charge in [-0.05, 0) is 42.5 Å². The molecule has 0 unspecified atom stereocenters. The molecule has 2 aromatic carbocycles. The van der Waals surface area contributed by atoms with Gasteiger partial charge in [-0.15, -0.1) is 0 Å². The van der Waals surface area contributed by atoms with Crippen LogP contribution in [0.2, 0.25) is 5.02 Å². The number of anilines is 2. The number of carbonyl (C=O) groups is 1. The van der Waals surface area contributed by atoms with Crippen LogP contribution in [0.25, 0.3) is 0 Å². The number of hydrogen-bond donors (Lipinski definition) is 3. The summed E-state index contributed by atoms with van der Waals surface area (Å²) in [5.74, 6) is -0.0232. The Morgan fingerprint density at radius 1 is 1.13 bits per heavy atom. The van der Waals surface area contributed by atoms with E-state index in [-0.39, 0.29) is 23.8 Å². The largest absolute Gasteiger partial charge is 0.369 e. The Balaban J connectivity index is 1.52. The lowest BCUT2D eigenvalue weighted by Crippen LogP contribution is -2.62. The molecule has 0 saturated carbocycles. The minimum Gasteiger partial charge on any atom is -0.369 e. The van der Waals surface area contributed by atoms with Crippen molar-refractivity contribution in [1.82, 2.24) is 4.90 Å². The van der Waals surface area contributed by atoms with E-state index in [2.05, 4.69) is 15.3 Å². The van der Waals surface area contributed by atoms with E-state index < -0.39 is 5.66 Å². The maximum atomic E-state index is 13.1. The van der Waals surface area contributed by atoms with Crippen molar-refractivity contribution in [3.63, 3.8) is 0 Å². The highest BCUT2D eigenvalue weighted by molar-refractivity contribution is 6.31. The number of halogens is 2. The molecule has 0 radical (unpaired) electrons. The van der Waals surface area contributed by atoms with E-state index in [0.717, 1.165) is 5.69 Å². The van der Waals surface area contributed by atoms with Gasteiger partial charge in [-0.25, -0.2) is 14.2 Å². The molecule has 2 aliphatic rings. The SMILES string of the molecule is NC1=NC2(CCN(C(=O)Nc3ccc(F)cc3)CC2)N(c2cccc(Cl)c2)C(N)=N1. The molecule has 2 amide bonds. The number of piperidine rings is 1. The van der Waals surface area contributed by atoms with Gasteiger partial charge in [0.1, 0.15) is 11.5 Å². The molecule has 2 aromatic rings. The van der Waals surface area contributed by atoms with Crippen molar-refractivity contribution in [1.29, 1.82) is 0 Å². The number of aliphatic imine (C=N–C) groups is 2. The predicted molar refractivity (Wildman–Crippen MR) is 116 cm³/mol. The maximum absolute atomic E-state index is 13.1. The summed E-state index contributed by atoms with van der Waals surface area (Å²) in [6.07, 6.45) is 0.987. The summed E-state index contributed by atoms with van der Waals surface area (Å²) in [5.41, 5.74) is 12.7. The summed E-state index contributed by atoms with van der Waals surface area (Å²) in [5, 5.41) is 3.34. The van der Waals surface area contributed by atoms with E-state index in [1.54, 1.807) is 17.0 Å². The second-order valence-electron chi connectivity index (χ2n) is 7.16. The van der Waals surface area contributed by atoms with E-state index in [4.69, 9.17) is 23.1 Å². The number of guanidine groups is 2. The van der Waals surface area contributed by atoms with Gasteiger partial charge in [0.2, 0.25) is 11.9 Å². The first-order valence-electron chi connectivity index (χ1n) is 9.43. The third kappa shape index (κ3) is 3.88. The second-order valence-corrected chi connectivity index (χ2v) is 7.60. The Morgan fingerprint density at radius 2 is 1.83 bits per heavy atom. The average molecular weight is 430 g/mol. The number of benzene rings is 2. The van der Waals surface area contributed by atoms with Gasteiger partial charge >= 0.3 is 6.03 Å². The number of hydrogen-bond acceptors (Lipinski definition) is 6. The van der Waals surface area contributed by atoms with Crippen LogP contribution >= 0.6 is 11.6 Å². The van der Waals surface area contributed by atoms with E-state index in [9.17, 15) is 9.18 Å². The first kappa shape index (κ1) is 20.0.